The van der Waals surface area contributed by atoms with Crippen molar-refractivity contribution in [3.8, 4) is 0 Å². The summed E-state index contributed by atoms with van der Waals surface area (Å²) in [4.78, 5) is 13.1. The van der Waals surface area contributed by atoms with Crippen LogP contribution < -0.4 is 0 Å². The Morgan fingerprint density at radius 2 is 1.20 bits per heavy atom. The summed E-state index contributed by atoms with van der Waals surface area (Å²) in [6.45, 7) is 13.1. The molecule has 33 atom stereocenters. The number of carbonyl (C=O) groups is 1. The van der Waals surface area contributed by atoms with Crippen molar-refractivity contribution in [1.82, 2.24) is 0 Å². The summed E-state index contributed by atoms with van der Waals surface area (Å²) in [7, 11) is -4.86. The molecule has 9 aliphatic rings. The molecule has 4 aliphatic carbocycles. The molecular weight excluding hydrogens is 1140 g/mol. The lowest BCUT2D eigenvalue weighted by Gasteiger charge is -2.59. The fraction of sp³-hybridized carbons (Fsp3) is 0.911. The first-order valence-corrected chi connectivity index (χ1v) is 30.9. The molecule has 84 heavy (non-hydrogen) atoms. The van der Waals surface area contributed by atoms with Crippen LogP contribution in [0.2, 0.25) is 0 Å². The van der Waals surface area contributed by atoms with E-state index in [1.54, 1.807) is 6.08 Å². The lowest BCUT2D eigenvalue weighted by Crippen LogP contribution is -2.67. The third-order valence-corrected chi connectivity index (χ3v) is 20.6. The number of aliphatic hydroxyl groups excluding tert-OH is 12. The molecule has 27 nitrogen and oxygen atoms in total. The van der Waals surface area contributed by atoms with Crippen molar-refractivity contribution in [3.05, 3.63) is 23.3 Å². The van der Waals surface area contributed by atoms with E-state index in [0.29, 0.717) is 25.7 Å². The average Bonchev–Trinajstić information content (AvgIpc) is 2.53. The predicted molar refractivity (Wildman–Crippen MR) is 284 cm³/mol. The molecule has 28 heteroatoms. The van der Waals surface area contributed by atoms with E-state index in [1.165, 1.54) is 26.3 Å². The van der Waals surface area contributed by atoms with Gasteiger partial charge < -0.3 is 109 Å². The standard InChI is InChI=1S/C56H90O27S/c1-21(2)15-26(58)16-22(3)29-9-10-30-28-18-33(32-17-27(83-84(70,71)72)11-13-56(32,8)31(28)12-14-55(29,30)7)77-52-46(69)47(38(61)25(6)76-52)80-53-48(81-50-44(67)41(64)36(59)23(4)74-50)40(63)35(20-73-53)79-54-49(43(66)39(62)34(19-57)78-54)82-51-45(68)42(65)37(60)24(5)75-51/h12,15,22-25,27-30,32-54,57,59-69H,9-11,13-14,16-20H2,1-8H3,(H,70,71,72)/t22-,23-,24-,25-,27+,28+,29-,30+,32-,33+,34-,35-,36-,37+,38-,39+,40+,41+,42+,43+,44-,45-,46-,47+,48-,49-,50+,51+,52+,53+,54+,55-,56-/m1/s1. The quantitative estimate of drug-likeness (QED) is 0.0431. The fourth-order valence-electron chi connectivity index (χ4n) is 15.5. The minimum Gasteiger partial charge on any atom is -0.394 e. The summed E-state index contributed by atoms with van der Waals surface area (Å²) in [5.41, 5.74) is 1.39. The molecule has 0 amide bonds. The van der Waals surface area contributed by atoms with Crippen LogP contribution in [0.5, 0.6) is 0 Å². The Morgan fingerprint density at radius 3 is 1.79 bits per heavy atom. The monoisotopic (exact) mass is 1230 g/mol. The summed E-state index contributed by atoms with van der Waals surface area (Å²) in [6.07, 6.45) is -34.0. The van der Waals surface area contributed by atoms with Crippen molar-refractivity contribution in [2.45, 2.75) is 266 Å². The van der Waals surface area contributed by atoms with Gasteiger partial charge in [0, 0.05) is 6.42 Å². The highest BCUT2D eigenvalue weighted by Crippen LogP contribution is 2.67. The molecular formula is C56H90O27S. The van der Waals surface area contributed by atoms with Gasteiger partial charge in [0.15, 0.2) is 37.2 Å². The second-order valence-corrected chi connectivity index (χ2v) is 27.0. The van der Waals surface area contributed by atoms with Crippen LogP contribution in [0.1, 0.15) is 107 Å². The molecule has 8 fully saturated rings. The number of ether oxygens (including phenoxy) is 10. The average molecular weight is 1230 g/mol. The first-order valence-electron chi connectivity index (χ1n) is 29.5. The van der Waals surface area contributed by atoms with E-state index >= 15 is 0 Å². The maximum atomic E-state index is 13.1. The molecule has 0 radical (unpaired) electrons. The number of ketones is 1. The Hall–Kier alpha value is -1.86. The van der Waals surface area contributed by atoms with E-state index in [0.717, 1.165) is 24.8 Å². The van der Waals surface area contributed by atoms with Crippen LogP contribution in [-0.2, 0) is 66.7 Å². The molecule has 5 aliphatic heterocycles. The molecule has 0 aromatic heterocycles. The first-order chi connectivity index (χ1) is 39.4. The largest absolute Gasteiger partial charge is 0.397 e. The molecule has 5 heterocycles. The van der Waals surface area contributed by atoms with E-state index in [9.17, 15) is 79.0 Å². The summed E-state index contributed by atoms with van der Waals surface area (Å²) >= 11 is 0. The molecule has 0 bridgehead atoms. The third-order valence-electron chi connectivity index (χ3n) is 20.1. The smallest absolute Gasteiger partial charge is 0.394 e. The van der Waals surface area contributed by atoms with Crippen molar-refractivity contribution in [1.29, 1.82) is 0 Å². The maximum absolute atomic E-state index is 13.1. The normalized spacial score (nSPS) is 51.2. The van der Waals surface area contributed by atoms with Gasteiger partial charge in [-0.05, 0) is 126 Å². The zero-order valence-corrected chi connectivity index (χ0v) is 49.4. The molecule has 5 saturated heterocycles. The van der Waals surface area contributed by atoms with Gasteiger partial charge in [-0.2, -0.15) is 8.42 Å². The van der Waals surface area contributed by atoms with E-state index in [4.69, 9.17) is 51.6 Å². The van der Waals surface area contributed by atoms with Crippen LogP contribution in [0.3, 0.4) is 0 Å². The summed E-state index contributed by atoms with van der Waals surface area (Å²) < 4.78 is 100. The minimum absolute atomic E-state index is 0.0399. The molecule has 0 spiro atoms. The molecule has 0 unspecified atom stereocenters. The van der Waals surface area contributed by atoms with Gasteiger partial charge in [0.05, 0.1) is 43.7 Å². The SMILES string of the molecule is CC(C)=CC(=O)C[C@@H](C)[C@H]1CC[C@H]2[C@@H]3C[C@H](O[C@@H]4O[C@H](C)[C@@H](O)[C@H](O[C@@H]5OC[C@@H](O[C@@H]6O[C@H](CO)[C@H](O)[C@H](O)[C@H]6O[C@@H]6O[C@H](C)[C@H](O)[C@H](O)[C@H]6O)[C@H](O)[C@H]5O[C@@H]5O[C@H](C)[C@@H](O)[C@H](O)[C@H]5O)[C@H]4O)[C@H]4C[C@@H](OS(=O)(=O)O)CC[C@]4(C)C3=CC[C@]12C. The number of fused-ring (bicyclic) bond motifs is 5. The van der Waals surface area contributed by atoms with Gasteiger partial charge in [0.25, 0.3) is 0 Å². The topological polar surface area (TPSA) is 416 Å². The van der Waals surface area contributed by atoms with Crippen LogP contribution in [0, 0.1) is 40.4 Å². The Morgan fingerprint density at radius 1 is 0.643 bits per heavy atom. The highest BCUT2D eigenvalue weighted by molar-refractivity contribution is 7.80. The zero-order chi connectivity index (χ0) is 61.4. The molecule has 0 aromatic carbocycles. The van der Waals surface area contributed by atoms with Crippen molar-refractivity contribution in [2.24, 2.45) is 40.4 Å². The molecule has 13 N–H and O–H groups in total. The molecule has 0 aromatic rings. The number of rotatable bonds is 17. The van der Waals surface area contributed by atoms with Gasteiger partial charge in [-0.15, -0.1) is 0 Å². The van der Waals surface area contributed by atoms with Gasteiger partial charge in [0.2, 0.25) is 0 Å². The number of allylic oxidation sites excluding steroid dienone is 4. The second kappa shape index (κ2) is 26.2. The van der Waals surface area contributed by atoms with Gasteiger partial charge in [-0.3, -0.25) is 9.35 Å². The van der Waals surface area contributed by atoms with E-state index < -0.39 is 195 Å². The van der Waals surface area contributed by atoms with Gasteiger partial charge in [-0.25, -0.2) is 4.18 Å². The van der Waals surface area contributed by atoms with Crippen molar-refractivity contribution < 1.29 is 131 Å². The highest BCUT2D eigenvalue weighted by atomic mass is 32.3. The van der Waals surface area contributed by atoms with E-state index in [1.807, 2.05) is 13.8 Å². The van der Waals surface area contributed by atoms with Crippen molar-refractivity contribution >= 4 is 16.2 Å². The van der Waals surface area contributed by atoms with Gasteiger partial charge in [-0.1, -0.05) is 38.0 Å². The van der Waals surface area contributed by atoms with E-state index in [2.05, 4.69) is 26.8 Å². The van der Waals surface area contributed by atoms with Crippen LogP contribution in [0.15, 0.2) is 23.3 Å². The highest BCUT2D eigenvalue weighted by Gasteiger charge is 2.62. The molecule has 3 saturated carbocycles. The Balaban J connectivity index is 0.979. The fourth-order valence-corrected chi connectivity index (χ4v) is 16.0. The van der Waals surface area contributed by atoms with Crippen LogP contribution >= 0.6 is 0 Å². The van der Waals surface area contributed by atoms with Crippen LogP contribution in [-0.4, -0.2) is 253 Å². The Bertz CT molecular complexity index is 2430. The summed E-state index contributed by atoms with van der Waals surface area (Å²) in [5.74, 6) is 0.0724. The number of carbonyl (C=O) groups excluding carboxylic acids is 1. The first kappa shape index (κ1) is 66.6. The summed E-state index contributed by atoms with van der Waals surface area (Å²) in [6, 6.07) is 0. The lowest BCUT2D eigenvalue weighted by atomic mass is 9.47. The molecule has 9 rings (SSSR count). The number of hydrogen-bond donors (Lipinski definition) is 13. The number of hydrogen-bond acceptors (Lipinski definition) is 26. The maximum Gasteiger partial charge on any atom is 0.397 e. The second-order valence-electron chi connectivity index (χ2n) is 25.9. The van der Waals surface area contributed by atoms with E-state index in [-0.39, 0.29) is 41.3 Å². The minimum atomic E-state index is -4.86. The van der Waals surface area contributed by atoms with Crippen molar-refractivity contribution in [3.63, 3.8) is 0 Å². The van der Waals surface area contributed by atoms with Crippen molar-refractivity contribution in [2.75, 3.05) is 13.2 Å². The Kier molecular flexibility index (Phi) is 20.7. The Labute approximate surface area is 488 Å². The number of aliphatic hydroxyl groups is 12. The predicted octanol–water partition coefficient (Wildman–Crippen LogP) is -1.87. The van der Waals surface area contributed by atoms with Crippen LogP contribution in [0.25, 0.3) is 0 Å². The lowest BCUT2D eigenvalue weighted by molar-refractivity contribution is -0.398. The molecule has 482 valence electrons. The van der Waals surface area contributed by atoms with Gasteiger partial charge in [0.1, 0.15) is 97.7 Å². The van der Waals surface area contributed by atoms with Crippen LogP contribution in [0.4, 0.5) is 0 Å². The van der Waals surface area contributed by atoms with Gasteiger partial charge >= 0.3 is 10.4 Å². The summed E-state index contributed by atoms with van der Waals surface area (Å²) in [5, 5.41) is 133. The zero-order valence-electron chi connectivity index (χ0n) is 48.6. The third kappa shape index (κ3) is 13.2.